The van der Waals surface area contributed by atoms with Crippen LogP contribution in [0.1, 0.15) is 25.5 Å². The number of rotatable bonds is 5. The van der Waals surface area contributed by atoms with Gasteiger partial charge in [-0.3, -0.25) is 0 Å². The van der Waals surface area contributed by atoms with Gasteiger partial charge in [-0.2, -0.15) is 0 Å². The predicted molar refractivity (Wildman–Crippen MR) is 59.2 cm³/mol. The molecule has 0 fully saturated rings. The zero-order valence-corrected chi connectivity index (χ0v) is 9.76. The third kappa shape index (κ3) is 3.54. The summed E-state index contributed by atoms with van der Waals surface area (Å²) in [5.41, 5.74) is 0.253. The zero-order valence-electron chi connectivity index (χ0n) is 9.76. The van der Waals surface area contributed by atoms with Crippen LogP contribution in [0.2, 0.25) is 0 Å². The molecule has 0 saturated heterocycles. The molecule has 0 aromatic heterocycles. The first kappa shape index (κ1) is 13.1. The van der Waals surface area contributed by atoms with Crippen molar-refractivity contribution in [2.75, 3.05) is 13.6 Å². The van der Waals surface area contributed by atoms with Crippen LogP contribution in [0.25, 0.3) is 0 Å². The lowest BCUT2D eigenvalue weighted by Crippen LogP contribution is -2.23. The molecule has 0 bridgehead atoms. The van der Waals surface area contributed by atoms with Crippen LogP contribution in [-0.2, 0) is 4.74 Å². The standard InChI is InChI=1S/C12H17F2NO/c1-8(2)16-12(7-15-3)10-6-9(13)4-5-11(10)14/h4-6,8,12,15H,7H2,1-3H3/t12-/m0/s1. The summed E-state index contributed by atoms with van der Waals surface area (Å²) in [4.78, 5) is 0. The number of hydrogen-bond acceptors (Lipinski definition) is 2. The van der Waals surface area contributed by atoms with Crippen LogP contribution in [0, 0.1) is 11.6 Å². The Morgan fingerprint density at radius 1 is 1.31 bits per heavy atom. The van der Waals surface area contributed by atoms with Crippen molar-refractivity contribution < 1.29 is 13.5 Å². The zero-order chi connectivity index (χ0) is 12.1. The molecule has 0 aliphatic rings. The van der Waals surface area contributed by atoms with Gasteiger partial charge in [0.25, 0.3) is 0 Å². The van der Waals surface area contributed by atoms with Gasteiger partial charge in [0, 0.05) is 12.1 Å². The van der Waals surface area contributed by atoms with Crippen LogP contribution in [0.3, 0.4) is 0 Å². The van der Waals surface area contributed by atoms with Crippen molar-refractivity contribution in [3.63, 3.8) is 0 Å². The lowest BCUT2D eigenvalue weighted by atomic mass is 10.1. The van der Waals surface area contributed by atoms with Crippen molar-refractivity contribution in [2.45, 2.75) is 26.1 Å². The fraction of sp³-hybridized carbons (Fsp3) is 0.500. The third-order valence-electron chi connectivity index (χ3n) is 2.13. The van der Waals surface area contributed by atoms with Gasteiger partial charge in [0.2, 0.25) is 0 Å². The molecule has 0 unspecified atom stereocenters. The summed E-state index contributed by atoms with van der Waals surface area (Å²) in [5.74, 6) is -0.896. The molecule has 90 valence electrons. The molecule has 16 heavy (non-hydrogen) atoms. The molecule has 1 atom stereocenters. The minimum Gasteiger partial charge on any atom is -0.369 e. The van der Waals surface area contributed by atoms with Crippen molar-refractivity contribution >= 4 is 0 Å². The van der Waals surface area contributed by atoms with Crippen LogP contribution in [0.5, 0.6) is 0 Å². The average Bonchev–Trinajstić information content (AvgIpc) is 2.20. The maximum absolute atomic E-state index is 13.5. The van der Waals surface area contributed by atoms with Gasteiger partial charge < -0.3 is 10.1 Å². The van der Waals surface area contributed by atoms with Crippen molar-refractivity contribution in [2.24, 2.45) is 0 Å². The van der Waals surface area contributed by atoms with Crippen molar-refractivity contribution in [3.05, 3.63) is 35.4 Å². The molecule has 0 spiro atoms. The van der Waals surface area contributed by atoms with E-state index >= 15 is 0 Å². The van der Waals surface area contributed by atoms with E-state index in [2.05, 4.69) is 5.32 Å². The highest BCUT2D eigenvalue weighted by atomic mass is 19.1. The summed E-state index contributed by atoms with van der Waals surface area (Å²) in [6, 6.07) is 3.40. The maximum atomic E-state index is 13.5. The smallest absolute Gasteiger partial charge is 0.129 e. The lowest BCUT2D eigenvalue weighted by molar-refractivity contribution is 0.00609. The van der Waals surface area contributed by atoms with Crippen LogP contribution >= 0.6 is 0 Å². The SMILES string of the molecule is CNC[C@H](OC(C)C)c1cc(F)ccc1F. The van der Waals surface area contributed by atoms with Crippen LogP contribution in [0.15, 0.2) is 18.2 Å². The van der Waals surface area contributed by atoms with Crippen LogP contribution in [-0.4, -0.2) is 19.7 Å². The monoisotopic (exact) mass is 229 g/mol. The molecule has 4 heteroatoms. The first-order valence-corrected chi connectivity index (χ1v) is 5.29. The van der Waals surface area contributed by atoms with Gasteiger partial charge in [-0.25, -0.2) is 8.78 Å². The highest BCUT2D eigenvalue weighted by Crippen LogP contribution is 2.22. The number of ether oxygens (including phenoxy) is 1. The normalized spacial score (nSPS) is 13.1. The van der Waals surface area contributed by atoms with E-state index in [-0.39, 0.29) is 11.7 Å². The first-order chi connectivity index (χ1) is 7.54. The molecule has 0 saturated carbocycles. The molecule has 1 rings (SSSR count). The van der Waals surface area contributed by atoms with Crippen molar-refractivity contribution in [1.82, 2.24) is 5.32 Å². The largest absolute Gasteiger partial charge is 0.369 e. The second-order valence-electron chi connectivity index (χ2n) is 3.90. The minimum atomic E-state index is -0.472. The number of hydrogen-bond donors (Lipinski definition) is 1. The Morgan fingerprint density at radius 2 is 2.00 bits per heavy atom. The molecule has 1 N–H and O–H groups in total. The molecule has 2 nitrogen and oxygen atoms in total. The third-order valence-corrected chi connectivity index (χ3v) is 2.13. The van der Waals surface area contributed by atoms with Gasteiger partial charge in [0.15, 0.2) is 0 Å². The Balaban J connectivity index is 2.94. The molecule has 0 amide bonds. The van der Waals surface area contributed by atoms with Gasteiger partial charge in [0.05, 0.1) is 12.2 Å². The molecule has 0 heterocycles. The van der Waals surface area contributed by atoms with Gasteiger partial charge >= 0.3 is 0 Å². The molecule has 1 aromatic carbocycles. The fourth-order valence-corrected chi connectivity index (χ4v) is 1.51. The number of halogens is 2. The van der Waals surface area contributed by atoms with Crippen LogP contribution in [0.4, 0.5) is 8.78 Å². The van der Waals surface area contributed by atoms with E-state index in [9.17, 15) is 8.78 Å². The summed E-state index contributed by atoms with van der Waals surface area (Å²) in [5, 5.41) is 2.90. The van der Waals surface area contributed by atoms with Crippen molar-refractivity contribution in [1.29, 1.82) is 0 Å². The number of nitrogens with one attached hydrogen (secondary N) is 1. The summed E-state index contributed by atoms with van der Waals surface area (Å²) in [6.07, 6.45) is -0.512. The maximum Gasteiger partial charge on any atom is 0.129 e. The average molecular weight is 229 g/mol. The summed E-state index contributed by atoms with van der Waals surface area (Å²) in [7, 11) is 1.74. The summed E-state index contributed by atoms with van der Waals surface area (Å²) >= 11 is 0. The second kappa shape index (κ2) is 5.92. The molecule has 0 aliphatic carbocycles. The van der Waals surface area contributed by atoms with E-state index in [1.807, 2.05) is 13.8 Å². The number of benzene rings is 1. The van der Waals surface area contributed by atoms with Crippen LogP contribution < -0.4 is 5.32 Å². The van der Waals surface area contributed by atoms with E-state index in [1.54, 1.807) is 7.05 Å². The Morgan fingerprint density at radius 3 is 2.56 bits per heavy atom. The van der Waals surface area contributed by atoms with Crippen molar-refractivity contribution in [3.8, 4) is 0 Å². The van der Waals surface area contributed by atoms with E-state index < -0.39 is 17.7 Å². The minimum absolute atomic E-state index is 0.0407. The highest BCUT2D eigenvalue weighted by Gasteiger charge is 2.17. The van der Waals surface area contributed by atoms with E-state index in [0.29, 0.717) is 6.54 Å². The Kier molecular flexibility index (Phi) is 4.83. The summed E-state index contributed by atoms with van der Waals surface area (Å²) in [6.45, 7) is 4.16. The Hall–Kier alpha value is -1.00. The fourth-order valence-electron chi connectivity index (χ4n) is 1.51. The van der Waals surface area contributed by atoms with Gasteiger partial charge in [-0.1, -0.05) is 0 Å². The second-order valence-corrected chi connectivity index (χ2v) is 3.90. The molecule has 1 aromatic rings. The Bertz CT molecular complexity index is 342. The molecule has 0 radical (unpaired) electrons. The van der Waals surface area contributed by atoms with E-state index in [4.69, 9.17) is 4.74 Å². The topological polar surface area (TPSA) is 21.3 Å². The Labute approximate surface area is 94.6 Å². The quantitative estimate of drug-likeness (QED) is 0.838. The summed E-state index contributed by atoms with van der Waals surface area (Å²) < 4.78 is 32.1. The van der Waals surface area contributed by atoms with E-state index in [1.165, 1.54) is 6.07 Å². The van der Waals surface area contributed by atoms with Gasteiger partial charge in [0.1, 0.15) is 11.6 Å². The van der Waals surface area contributed by atoms with E-state index in [0.717, 1.165) is 12.1 Å². The molecular formula is C12H17F2NO. The number of likely N-dealkylation sites (N-methyl/N-ethyl adjacent to an activating group) is 1. The first-order valence-electron chi connectivity index (χ1n) is 5.29. The predicted octanol–water partition coefficient (Wildman–Crippen LogP) is 2.65. The molecule has 0 aliphatic heterocycles. The highest BCUT2D eigenvalue weighted by molar-refractivity contribution is 5.21. The van der Waals surface area contributed by atoms with Gasteiger partial charge in [-0.05, 0) is 39.1 Å². The molecular weight excluding hydrogens is 212 g/mol. The van der Waals surface area contributed by atoms with Gasteiger partial charge in [-0.15, -0.1) is 0 Å². The lowest BCUT2D eigenvalue weighted by Gasteiger charge is -2.21.